The number of nitrogens with one attached hydrogen (secondary N) is 1. The highest BCUT2D eigenvalue weighted by Gasteiger charge is 2.10. The molecule has 90 valence electrons. The van der Waals surface area contributed by atoms with Crippen molar-refractivity contribution in [1.29, 1.82) is 0 Å². The lowest BCUT2D eigenvalue weighted by Gasteiger charge is -2.12. The van der Waals surface area contributed by atoms with Crippen molar-refractivity contribution < 1.29 is 0 Å². The minimum Gasteiger partial charge on any atom is -0.346 e. The van der Waals surface area contributed by atoms with Crippen LogP contribution in [0.3, 0.4) is 0 Å². The molecule has 0 fully saturated rings. The average molecular weight is 248 g/mol. The largest absolute Gasteiger partial charge is 0.346 e. The van der Waals surface area contributed by atoms with Crippen LogP contribution in [0, 0.1) is 20.8 Å². The summed E-state index contributed by atoms with van der Waals surface area (Å²) in [5, 5.41) is 6.42. The zero-order chi connectivity index (χ0) is 12.4. The van der Waals surface area contributed by atoms with E-state index in [1.165, 1.54) is 0 Å². The SMILES string of the molecule is Cc1cc(C)nc(NC(C)c2csc(C)n2)n1. The fraction of sp³-hybridized carbons (Fsp3) is 0.417. The van der Waals surface area contributed by atoms with Crippen molar-refractivity contribution in [1.82, 2.24) is 15.0 Å². The highest BCUT2D eigenvalue weighted by Crippen LogP contribution is 2.19. The molecule has 1 atom stereocenters. The fourth-order valence-electron chi connectivity index (χ4n) is 1.64. The molecule has 2 aromatic heterocycles. The Morgan fingerprint density at radius 1 is 1.12 bits per heavy atom. The molecule has 0 aromatic carbocycles. The van der Waals surface area contributed by atoms with Gasteiger partial charge in [0.05, 0.1) is 16.7 Å². The standard InChI is InChI=1S/C12H16N4S/c1-7-5-8(2)14-12(13-7)15-9(3)11-6-17-10(4)16-11/h5-6,9H,1-4H3,(H,13,14,15). The van der Waals surface area contributed by atoms with Crippen LogP contribution in [0.2, 0.25) is 0 Å². The van der Waals surface area contributed by atoms with Crippen LogP contribution >= 0.6 is 11.3 Å². The first-order valence-corrected chi connectivity index (χ1v) is 6.43. The van der Waals surface area contributed by atoms with Gasteiger partial charge in [-0.05, 0) is 33.8 Å². The van der Waals surface area contributed by atoms with Crippen molar-refractivity contribution >= 4 is 17.3 Å². The summed E-state index contributed by atoms with van der Waals surface area (Å²) in [4.78, 5) is 13.2. The second kappa shape index (κ2) is 4.79. The monoisotopic (exact) mass is 248 g/mol. The van der Waals surface area contributed by atoms with E-state index in [4.69, 9.17) is 0 Å². The van der Waals surface area contributed by atoms with Gasteiger partial charge in [-0.25, -0.2) is 15.0 Å². The molecule has 0 radical (unpaired) electrons. The average Bonchev–Trinajstić information content (AvgIpc) is 2.63. The van der Waals surface area contributed by atoms with Crippen molar-refractivity contribution in [2.24, 2.45) is 0 Å². The second-order valence-electron chi connectivity index (χ2n) is 4.13. The first-order valence-electron chi connectivity index (χ1n) is 5.55. The number of aryl methyl sites for hydroxylation is 3. The van der Waals surface area contributed by atoms with Gasteiger partial charge in [-0.2, -0.15) is 0 Å². The van der Waals surface area contributed by atoms with E-state index in [0.717, 1.165) is 22.1 Å². The van der Waals surface area contributed by atoms with Crippen molar-refractivity contribution in [2.75, 3.05) is 5.32 Å². The van der Waals surface area contributed by atoms with E-state index in [9.17, 15) is 0 Å². The van der Waals surface area contributed by atoms with E-state index >= 15 is 0 Å². The minimum absolute atomic E-state index is 0.126. The molecule has 1 unspecified atom stereocenters. The van der Waals surface area contributed by atoms with Gasteiger partial charge in [-0.15, -0.1) is 11.3 Å². The Morgan fingerprint density at radius 3 is 2.29 bits per heavy atom. The van der Waals surface area contributed by atoms with Gasteiger partial charge in [-0.3, -0.25) is 0 Å². The van der Waals surface area contributed by atoms with E-state index in [0.29, 0.717) is 5.95 Å². The van der Waals surface area contributed by atoms with E-state index in [2.05, 4.69) is 32.6 Å². The van der Waals surface area contributed by atoms with Gasteiger partial charge in [0, 0.05) is 16.8 Å². The Balaban J connectivity index is 2.15. The number of thiazole rings is 1. The van der Waals surface area contributed by atoms with Crippen molar-refractivity contribution in [2.45, 2.75) is 33.7 Å². The van der Waals surface area contributed by atoms with Crippen molar-refractivity contribution in [3.05, 3.63) is 33.5 Å². The van der Waals surface area contributed by atoms with Gasteiger partial charge in [0.2, 0.25) is 5.95 Å². The number of nitrogens with zero attached hydrogens (tertiary/aromatic N) is 3. The van der Waals surface area contributed by atoms with Gasteiger partial charge in [0.25, 0.3) is 0 Å². The Hall–Kier alpha value is -1.49. The van der Waals surface area contributed by atoms with Gasteiger partial charge < -0.3 is 5.32 Å². The molecule has 0 amide bonds. The normalized spacial score (nSPS) is 12.5. The third-order valence-electron chi connectivity index (χ3n) is 2.41. The zero-order valence-corrected chi connectivity index (χ0v) is 11.3. The van der Waals surface area contributed by atoms with Gasteiger partial charge >= 0.3 is 0 Å². The summed E-state index contributed by atoms with van der Waals surface area (Å²) in [6.07, 6.45) is 0. The molecule has 0 aliphatic heterocycles. The summed E-state index contributed by atoms with van der Waals surface area (Å²) in [7, 11) is 0. The second-order valence-corrected chi connectivity index (χ2v) is 5.19. The van der Waals surface area contributed by atoms with E-state index in [1.54, 1.807) is 11.3 Å². The smallest absolute Gasteiger partial charge is 0.223 e. The number of rotatable bonds is 3. The van der Waals surface area contributed by atoms with Crippen LogP contribution in [0.1, 0.15) is 35.1 Å². The highest BCUT2D eigenvalue weighted by molar-refractivity contribution is 7.09. The lowest BCUT2D eigenvalue weighted by atomic mass is 10.2. The molecule has 0 bridgehead atoms. The Bertz CT molecular complexity index is 501. The summed E-state index contributed by atoms with van der Waals surface area (Å²) in [6.45, 7) is 8.01. The minimum atomic E-state index is 0.126. The summed E-state index contributed by atoms with van der Waals surface area (Å²) < 4.78 is 0. The van der Waals surface area contributed by atoms with E-state index in [-0.39, 0.29) is 6.04 Å². The Labute approximate surface area is 105 Å². The van der Waals surface area contributed by atoms with Crippen molar-refractivity contribution in [3.8, 4) is 0 Å². The topological polar surface area (TPSA) is 50.7 Å². The number of aromatic nitrogens is 3. The third-order valence-corrected chi connectivity index (χ3v) is 3.20. The van der Waals surface area contributed by atoms with E-state index in [1.807, 2.05) is 26.8 Å². The summed E-state index contributed by atoms with van der Waals surface area (Å²) in [6, 6.07) is 2.09. The van der Waals surface area contributed by atoms with Crippen LogP contribution in [0.15, 0.2) is 11.4 Å². The highest BCUT2D eigenvalue weighted by atomic mass is 32.1. The molecule has 4 nitrogen and oxygen atoms in total. The lowest BCUT2D eigenvalue weighted by molar-refractivity contribution is 0.822. The molecule has 17 heavy (non-hydrogen) atoms. The molecule has 0 spiro atoms. The van der Waals surface area contributed by atoms with Gasteiger partial charge in [0.1, 0.15) is 0 Å². The molecular weight excluding hydrogens is 232 g/mol. The first-order chi connectivity index (χ1) is 8.04. The van der Waals surface area contributed by atoms with Crippen LogP contribution in [0.5, 0.6) is 0 Å². The molecule has 2 rings (SSSR count). The maximum atomic E-state index is 4.45. The van der Waals surface area contributed by atoms with Crippen LogP contribution in [0.25, 0.3) is 0 Å². The molecule has 2 aromatic rings. The van der Waals surface area contributed by atoms with Crippen LogP contribution in [-0.4, -0.2) is 15.0 Å². The summed E-state index contributed by atoms with van der Waals surface area (Å²) in [5.41, 5.74) is 2.98. The number of hydrogen-bond acceptors (Lipinski definition) is 5. The molecular formula is C12H16N4S. The molecule has 0 saturated carbocycles. The number of hydrogen-bond donors (Lipinski definition) is 1. The maximum absolute atomic E-state index is 4.45. The molecule has 1 N–H and O–H groups in total. The van der Waals surface area contributed by atoms with Crippen LogP contribution in [0.4, 0.5) is 5.95 Å². The fourth-order valence-corrected chi connectivity index (χ4v) is 2.34. The molecule has 0 saturated heterocycles. The van der Waals surface area contributed by atoms with E-state index < -0.39 is 0 Å². The zero-order valence-electron chi connectivity index (χ0n) is 10.5. The quantitative estimate of drug-likeness (QED) is 0.907. The Kier molecular flexibility index (Phi) is 3.38. The van der Waals surface area contributed by atoms with Crippen LogP contribution < -0.4 is 5.32 Å². The van der Waals surface area contributed by atoms with Crippen molar-refractivity contribution in [3.63, 3.8) is 0 Å². The Morgan fingerprint density at radius 2 is 1.76 bits per heavy atom. The molecule has 5 heteroatoms. The van der Waals surface area contributed by atoms with Gasteiger partial charge in [-0.1, -0.05) is 0 Å². The summed E-state index contributed by atoms with van der Waals surface area (Å²) in [5.74, 6) is 0.667. The maximum Gasteiger partial charge on any atom is 0.223 e. The predicted molar refractivity (Wildman–Crippen MR) is 70.4 cm³/mol. The molecule has 0 aliphatic carbocycles. The number of anilines is 1. The summed E-state index contributed by atoms with van der Waals surface area (Å²) >= 11 is 1.66. The lowest BCUT2D eigenvalue weighted by Crippen LogP contribution is -2.10. The van der Waals surface area contributed by atoms with Gasteiger partial charge in [0.15, 0.2) is 0 Å². The first kappa shape index (κ1) is 12.0. The molecule has 2 heterocycles. The van der Waals surface area contributed by atoms with Crippen LogP contribution in [-0.2, 0) is 0 Å². The predicted octanol–water partition coefficient (Wildman–Crippen LogP) is 3.03. The molecule has 0 aliphatic rings. The third kappa shape index (κ3) is 3.00.